The van der Waals surface area contributed by atoms with Crippen LogP contribution in [0.5, 0.6) is 0 Å². The summed E-state index contributed by atoms with van der Waals surface area (Å²) >= 11 is 0. The van der Waals surface area contributed by atoms with Crippen LogP contribution in [0.3, 0.4) is 0 Å². The molecule has 0 aliphatic rings. The third kappa shape index (κ3) is 1.56. The topological polar surface area (TPSA) is 93.0 Å². The van der Waals surface area contributed by atoms with Crippen LogP contribution in [-0.2, 0) is 0 Å². The van der Waals surface area contributed by atoms with Crippen LogP contribution in [0.25, 0.3) is 0 Å². The molecule has 0 fully saturated rings. The summed E-state index contributed by atoms with van der Waals surface area (Å²) in [5.41, 5.74) is 4.92. The zero-order valence-corrected chi connectivity index (χ0v) is 7.88. The lowest BCUT2D eigenvalue weighted by Crippen LogP contribution is -2.26. The first-order valence-electron chi connectivity index (χ1n) is 3.98. The molecule has 74 valence electrons. The van der Waals surface area contributed by atoms with Crippen LogP contribution in [-0.4, -0.2) is 16.7 Å². The largest absolute Gasteiger partial charge is 0.365 e. The number of primary amides is 1. The monoisotopic (exact) mass is 194 g/mol. The van der Waals surface area contributed by atoms with Crippen LogP contribution in [0.15, 0.2) is 11.0 Å². The van der Waals surface area contributed by atoms with E-state index in [4.69, 9.17) is 5.73 Å². The lowest BCUT2D eigenvalue weighted by molar-refractivity contribution is 0.0998. The van der Waals surface area contributed by atoms with Crippen molar-refractivity contribution in [1.82, 2.24) is 4.98 Å². The summed E-state index contributed by atoms with van der Waals surface area (Å²) in [5, 5.41) is 0. The minimum Gasteiger partial charge on any atom is -0.365 e. The predicted octanol–water partition coefficient (Wildman–Crippen LogP) is -0.0152. The zero-order valence-electron chi connectivity index (χ0n) is 7.88. The summed E-state index contributed by atoms with van der Waals surface area (Å²) in [5.74, 6) is -1.05. The zero-order chi connectivity index (χ0) is 10.9. The maximum absolute atomic E-state index is 11.2. The van der Waals surface area contributed by atoms with Crippen molar-refractivity contribution < 1.29 is 9.59 Å². The summed E-state index contributed by atoms with van der Waals surface area (Å²) in [7, 11) is 0. The number of hydrogen-bond donors (Lipinski definition) is 2. The van der Waals surface area contributed by atoms with Gasteiger partial charge in [-0.1, -0.05) is 0 Å². The molecule has 1 aromatic rings. The van der Waals surface area contributed by atoms with E-state index in [1.165, 1.54) is 20.0 Å². The van der Waals surface area contributed by atoms with Gasteiger partial charge < -0.3 is 10.7 Å². The van der Waals surface area contributed by atoms with E-state index in [0.29, 0.717) is 11.1 Å². The molecular weight excluding hydrogens is 184 g/mol. The van der Waals surface area contributed by atoms with Crippen LogP contribution < -0.4 is 11.3 Å². The first kappa shape index (κ1) is 10.2. The van der Waals surface area contributed by atoms with E-state index in [-0.39, 0.29) is 11.3 Å². The number of amides is 1. The Balaban J connectivity index is 3.57. The van der Waals surface area contributed by atoms with Crippen LogP contribution >= 0.6 is 0 Å². The summed E-state index contributed by atoms with van der Waals surface area (Å²) in [6.45, 7) is 2.87. The van der Waals surface area contributed by atoms with Gasteiger partial charge in [0, 0.05) is 11.8 Å². The number of rotatable bonds is 2. The van der Waals surface area contributed by atoms with Gasteiger partial charge in [0.2, 0.25) is 0 Å². The van der Waals surface area contributed by atoms with Gasteiger partial charge >= 0.3 is 0 Å². The van der Waals surface area contributed by atoms with E-state index in [2.05, 4.69) is 4.98 Å². The second-order valence-corrected chi connectivity index (χ2v) is 2.95. The maximum atomic E-state index is 11.2. The number of ketones is 1. The van der Waals surface area contributed by atoms with Crippen molar-refractivity contribution in [3.63, 3.8) is 0 Å². The van der Waals surface area contributed by atoms with Crippen molar-refractivity contribution in [2.75, 3.05) is 0 Å². The number of pyridine rings is 1. The Morgan fingerprint density at radius 1 is 1.43 bits per heavy atom. The molecule has 0 atom stereocenters. The fraction of sp³-hybridized carbons (Fsp3) is 0.222. The fourth-order valence-electron chi connectivity index (χ4n) is 1.29. The van der Waals surface area contributed by atoms with Crippen LogP contribution in [0, 0.1) is 6.92 Å². The number of carbonyl (C=O) groups excluding carboxylic acids is 2. The number of hydrogen-bond acceptors (Lipinski definition) is 3. The number of nitrogens with two attached hydrogens (primary N) is 1. The Morgan fingerprint density at radius 3 is 2.43 bits per heavy atom. The second kappa shape index (κ2) is 3.45. The van der Waals surface area contributed by atoms with E-state index in [1.807, 2.05) is 0 Å². The van der Waals surface area contributed by atoms with Gasteiger partial charge in [0.25, 0.3) is 11.5 Å². The molecule has 3 N–H and O–H groups in total. The van der Waals surface area contributed by atoms with Crippen molar-refractivity contribution in [3.05, 3.63) is 33.2 Å². The molecule has 0 spiro atoms. The first-order valence-corrected chi connectivity index (χ1v) is 3.98. The van der Waals surface area contributed by atoms with Gasteiger partial charge in [0.05, 0.1) is 0 Å². The lowest BCUT2D eigenvalue weighted by atomic mass is 10.0. The van der Waals surface area contributed by atoms with Crippen molar-refractivity contribution in [1.29, 1.82) is 0 Å². The molecule has 1 amide bonds. The predicted molar refractivity (Wildman–Crippen MR) is 50.3 cm³/mol. The Kier molecular flexibility index (Phi) is 2.51. The quantitative estimate of drug-likeness (QED) is 0.648. The highest BCUT2D eigenvalue weighted by molar-refractivity contribution is 6.00. The maximum Gasteiger partial charge on any atom is 0.261 e. The number of carbonyl (C=O) groups is 2. The van der Waals surface area contributed by atoms with E-state index >= 15 is 0 Å². The number of Topliss-reactive ketones (excluding diaryl/α,β-unsaturated/α-hetero) is 1. The van der Waals surface area contributed by atoms with E-state index in [0.717, 1.165) is 0 Å². The molecule has 1 rings (SSSR count). The molecule has 0 unspecified atom stereocenters. The lowest BCUT2D eigenvalue weighted by Gasteiger charge is -2.04. The van der Waals surface area contributed by atoms with Gasteiger partial charge in [0.15, 0.2) is 5.78 Å². The minimum absolute atomic E-state index is 0.155. The Morgan fingerprint density at radius 2 is 2.00 bits per heavy atom. The van der Waals surface area contributed by atoms with Gasteiger partial charge in [-0.05, 0) is 19.4 Å². The molecule has 5 heteroatoms. The number of nitrogens with one attached hydrogen (secondary N) is 1. The molecule has 0 aromatic carbocycles. The van der Waals surface area contributed by atoms with Crippen molar-refractivity contribution in [2.45, 2.75) is 13.8 Å². The molecule has 0 radical (unpaired) electrons. The summed E-state index contributed by atoms with van der Waals surface area (Å²) in [6, 6.07) is 0. The van der Waals surface area contributed by atoms with Crippen LogP contribution in [0.2, 0.25) is 0 Å². The summed E-state index contributed by atoms with van der Waals surface area (Å²) < 4.78 is 0. The van der Waals surface area contributed by atoms with E-state index < -0.39 is 11.5 Å². The average molecular weight is 194 g/mol. The molecule has 1 heterocycles. The Hall–Kier alpha value is -1.91. The third-order valence-electron chi connectivity index (χ3n) is 1.98. The standard InChI is InChI=1S/C9H10N2O3/c1-4-6(5(2)12)3-11-9(14)7(4)8(10)13/h3H,1-2H3,(H2,10,13)(H,11,14). The molecule has 0 saturated heterocycles. The van der Waals surface area contributed by atoms with Gasteiger partial charge in [0.1, 0.15) is 5.56 Å². The van der Waals surface area contributed by atoms with E-state index in [1.54, 1.807) is 0 Å². The SMILES string of the molecule is CC(=O)c1c[nH]c(=O)c(C(N)=O)c1C. The molecular formula is C9H10N2O3. The molecule has 0 bridgehead atoms. The number of aromatic amines is 1. The highest BCUT2D eigenvalue weighted by Gasteiger charge is 2.15. The van der Waals surface area contributed by atoms with E-state index in [9.17, 15) is 14.4 Å². The Bertz CT molecular complexity index is 460. The average Bonchev–Trinajstić information content (AvgIpc) is 2.02. The first-order chi connectivity index (χ1) is 6.45. The number of H-pyrrole nitrogens is 1. The number of aromatic nitrogens is 1. The highest BCUT2D eigenvalue weighted by Crippen LogP contribution is 2.08. The van der Waals surface area contributed by atoms with Gasteiger partial charge in [-0.3, -0.25) is 14.4 Å². The molecule has 1 aromatic heterocycles. The van der Waals surface area contributed by atoms with Gasteiger partial charge in [-0.15, -0.1) is 0 Å². The van der Waals surface area contributed by atoms with Crippen LogP contribution in [0.1, 0.15) is 33.2 Å². The summed E-state index contributed by atoms with van der Waals surface area (Å²) in [4.78, 5) is 35.5. The summed E-state index contributed by atoms with van der Waals surface area (Å²) in [6.07, 6.45) is 1.28. The molecule has 0 saturated carbocycles. The Labute approximate surface area is 79.9 Å². The normalized spacial score (nSPS) is 9.86. The third-order valence-corrected chi connectivity index (χ3v) is 1.98. The second-order valence-electron chi connectivity index (χ2n) is 2.95. The fourth-order valence-corrected chi connectivity index (χ4v) is 1.29. The molecule has 5 nitrogen and oxygen atoms in total. The van der Waals surface area contributed by atoms with Gasteiger partial charge in [-0.25, -0.2) is 0 Å². The smallest absolute Gasteiger partial charge is 0.261 e. The molecule has 0 aliphatic heterocycles. The molecule has 0 aliphatic carbocycles. The minimum atomic E-state index is -0.827. The van der Waals surface area contributed by atoms with Gasteiger partial charge in [-0.2, -0.15) is 0 Å². The molecule has 14 heavy (non-hydrogen) atoms. The highest BCUT2D eigenvalue weighted by atomic mass is 16.2. The van der Waals surface area contributed by atoms with Crippen molar-refractivity contribution >= 4 is 11.7 Å². The van der Waals surface area contributed by atoms with Crippen molar-refractivity contribution in [2.24, 2.45) is 5.73 Å². The van der Waals surface area contributed by atoms with Crippen LogP contribution in [0.4, 0.5) is 0 Å². The van der Waals surface area contributed by atoms with Crippen molar-refractivity contribution in [3.8, 4) is 0 Å².